The standard InChI is InChI=1S/C25H34ClN3O4S/c1-19(24(31)27-25(2,3)4)29(18-20-12-9-10-15-22(20)26)23(30)16-11-17-28(5)34(32,33)21-13-7-6-8-14-21/h6-10,12-15,19H,11,16-18H2,1-5H3,(H,27,31). The van der Waals surface area contributed by atoms with Crippen LogP contribution in [0.15, 0.2) is 59.5 Å². The van der Waals surface area contributed by atoms with E-state index in [-0.39, 0.29) is 36.2 Å². The molecule has 2 amide bonds. The van der Waals surface area contributed by atoms with Crippen molar-refractivity contribution in [1.82, 2.24) is 14.5 Å². The molecule has 2 aromatic carbocycles. The quantitative estimate of drug-likeness (QED) is 0.525. The van der Waals surface area contributed by atoms with Gasteiger partial charge in [0, 0.05) is 37.1 Å². The predicted octanol–water partition coefficient (Wildman–Crippen LogP) is 4.07. The lowest BCUT2D eigenvalue weighted by atomic mass is 10.1. The summed E-state index contributed by atoms with van der Waals surface area (Å²) in [6, 6.07) is 14.6. The zero-order valence-electron chi connectivity index (χ0n) is 20.4. The Bertz CT molecular complexity index is 1080. The van der Waals surface area contributed by atoms with Crippen LogP contribution in [0.4, 0.5) is 0 Å². The maximum Gasteiger partial charge on any atom is 0.242 e. The van der Waals surface area contributed by atoms with Crippen LogP contribution in [0.2, 0.25) is 5.02 Å². The third kappa shape index (κ3) is 7.82. The van der Waals surface area contributed by atoms with E-state index in [1.807, 2.05) is 32.9 Å². The molecule has 0 aliphatic carbocycles. The van der Waals surface area contributed by atoms with Crippen LogP contribution < -0.4 is 5.32 Å². The van der Waals surface area contributed by atoms with E-state index in [1.54, 1.807) is 37.3 Å². The molecule has 1 atom stereocenters. The largest absolute Gasteiger partial charge is 0.350 e. The molecule has 1 unspecified atom stereocenters. The second-order valence-electron chi connectivity index (χ2n) is 9.27. The molecule has 1 N–H and O–H groups in total. The molecule has 34 heavy (non-hydrogen) atoms. The lowest BCUT2D eigenvalue weighted by Gasteiger charge is -2.32. The summed E-state index contributed by atoms with van der Waals surface area (Å²) in [5, 5.41) is 3.43. The van der Waals surface area contributed by atoms with Crippen molar-refractivity contribution in [3.05, 3.63) is 65.2 Å². The summed E-state index contributed by atoms with van der Waals surface area (Å²) in [5.41, 5.74) is 0.288. The fourth-order valence-electron chi connectivity index (χ4n) is 3.36. The third-order valence-electron chi connectivity index (χ3n) is 5.28. The highest BCUT2D eigenvalue weighted by atomic mass is 35.5. The van der Waals surface area contributed by atoms with E-state index < -0.39 is 21.6 Å². The van der Waals surface area contributed by atoms with Gasteiger partial charge in [0.2, 0.25) is 21.8 Å². The summed E-state index contributed by atoms with van der Waals surface area (Å²) in [5.74, 6) is -0.515. The number of benzene rings is 2. The first-order valence-electron chi connectivity index (χ1n) is 11.2. The molecule has 0 radical (unpaired) electrons. The first kappa shape index (κ1) is 27.8. The number of hydrogen-bond acceptors (Lipinski definition) is 4. The number of carbonyl (C=O) groups excluding carboxylic acids is 2. The lowest BCUT2D eigenvalue weighted by Crippen LogP contribution is -2.52. The summed E-state index contributed by atoms with van der Waals surface area (Å²) in [7, 11) is -2.14. The highest BCUT2D eigenvalue weighted by Gasteiger charge is 2.29. The van der Waals surface area contributed by atoms with Crippen LogP contribution in [0.3, 0.4) is 0 Å². The molecular formula is C25H34ClN3O4S. The fraction of sp³-hybridized carbons (Fsp3) is 0.440. The second kappa shape index (κ2) is 11.8. The first-order valence-corrected chi connectivity index (χ1v) is 13.0. The van der Waals surface area contributed by atoms with E-state index in [1.165, 1.54) is 28.4 Å². The SMILES string of the molecule is CC(C(=O)NC(C)(C)C)N(Cc1ccccc1Cl)C(=O)CCCN(C)S(=O)(=O)c1ccccc1. The van der Waals surface area contributed by atoms with Crippen LogP contribution in [0, 0.1) is 0 Å². The van der Waals surface area contributed by atoms with Crippen LogP contribution in [0.25, 0.3) is 0 Å². The molecule has 2 rings (SSSR count). The fourth-order valence-corrected chi connectivity index (χ4v) is 4.78. The Morgan fingerprint density at radius 3 is 2.21 bits per heavy atom. The van der Waals surface area contributed by atoms with Gasteiger partial charge in [-0.2, -0.15) is 0 Å². The minimum absolute atomic E-state index is 0.0895. The van der Waals surface area contributed by atoms with Crippen molar-refractivity contribution in [2.45, 2.75) is 63.6 Å². The zero-order valence-corrected chi connectivity index (χ0v) is 22.0. The Morgan fingerprint density at radius 2 is 1.62 bits per heavy atom. The Hall–Kier alpha value is -2.42. The maximum absolute atomic E-state index is 13.2. The molecule has 0 aromatic heterocycles. The number of amides is 2. The van der Waals surface area contributed by atoms with Gasteiger partial charge in [-0.15, -0.1) is 0 Å². The van der Waals surface area contributed by atoms with Gasteiger partial charge in [0.25, 0.3) is 0 Å². The van der Waals surface area contributed by atoms with Crippen LogP contribution in [0.5, 0.6) is 0 Å². The molecule has 0 saturated heterocycles. The van der Waals surface area contributed by atoms with Crippen LogP contribution in [0.1, 0.15) is 46.1 Å². The molecule has 2 aromatic rings. The van der Waals surface area contributed by atoms with E-state index in [2.05, 4.69) is 5.32 Å². The predicted molar refractivity (Wildman–Crippen MR) is 135 cm³/mol. The summed E-state index contributed by atoms with van der Waals surface area (Å²) < 4.78 is 26.7. The average Bonchev–Trinajstić information content (AvgIpc) is 2.77. The van der Waals surface area contributed by atoms with Crippen molar-refractivity contribution in [2.75, 3.05) is 13.6 Å². The Morgan fingerprint density at radius 1 is 1.03 bits per heavy atom. The average molecular weight is 508 g/mol. The van der Waals surface area contributed by atoms with E-state index >= 15 is 0 Å². The number of nitrogens with zero attached hydrogens (tertiary/aromatic N) is 2. The number of hydrogen-bond donors (Lipinski definition) is 1. The lowest BCUT2D eigenvalue weighted by molar-refractivity contribution is -0.141. The summed E-state index contributed by atoms with van der Waals surface area (Å²) in [6.45, 7) is 7.66. The number of halogens is 1. The highest BCUT2D eigenvalue weighted by Crippen LogP contribution is 2.20. The molecule has 186 valence electrons. The number of rotatable bonds is 10. The molecule has 9 heteroatoms. The van der Waals surface area contributed by atoms with Crippen molar-refractivity contribution in [1.29, 1.82) is 0 Å². The van der Waals surface area contributed by atoms with Crippen molar-refractivity contribution in [3.8, 4) is 0 Å². The van der Waals surface area contributed by atoms with Gasteiger partial charge in [0.1, 0.15) is 6.04 Å². The molecule has 7 nitrogen and oxygen atoms in total. The van der Waals surface area contributed by atoms with Crippen molar-refractivity contribution in [2.24, 2.45) is 0 Å². The highest BCUT2D eigenvalue weighted by molar-refractivity contribution is 7.89. The minimum atomic E-state index is -3.63. The zero-order chi connectivity index (χ0) is 25.5. The molecule has 0 spiro atoms. The van der Waals surface area contributed by atoms with Crippen molar-refractivity contribution in [3.63, 3.8) is 0 Å². The summed E-state index contributed by atoms with van der Waals surface area (Å²) in [6.07, 6.45) is 0.403. The van der Waals surface area contributed by atoms with Gasteiger partial charge in [0.15, 0.2) is 0 Å². The molecule has 0 fully saturated rings. The van der Waals surface area contributed by atoms with Crippen LogP contribution in [-0.2, 0) is 26.2 Å². The molecular weight excluding hydrogens is 474 g/mol. The van der Waals surface area contributed by atoms with Gasteiger partial charge in [-0.3, -0.25) is 9.59 Å². The normalized spacial score (nSPS) is 12.9. The monoisotopic (exact) mass is 507 g/mol. The number of carbonyl (C=O) groups is 2. The van der Waals surface area contributed by atoms with Gasteiger partial charge in [-0.1, -0.05) is 48.0 Å². The van der Waals surface area contributed by atoms with Gasteiger partial charge in [-0.25, -0.2) is 12.7 Å². The van der Waals surface area contributed by atoms with E-state index in [0.29, 0.717) is 11.4 Å². The Kier molecular flexibility index (Phi) is 9.67. The van der Waals surface area contributed by atoms with Crippen LogP contribution in [-0.4, -0.2) is 54.6 Å². The summed E-state index contributed by atoms with van der Waals surface area (Å²) in [4.78, 5) is 27.7. The molecule has 0 heterocycles. The number of sulfonamides is 1. The van der Waals surface area contributed by atoms with Gasteiger partial charge >= 0.3 is 0 Å². The van der Waals surface area contributed by atoms with Gasteiger partial charge in [-0.05, 0) is 57.9 Å². The maximum atomic E-state index is 13.2. The van der Waals surface area contributed by atoms with E-state index in [9.17, 15) is 18.0 Å². The van der Waals surface area contributed by atoms with Crippen LogP contribution >= 0.6 is 11.6 Å². The van der Waals surface area contributed by atoms with E-state index in [4.69, 9.17) is 11.6 Å². The first-order chi connectivity index (χ1) is 15.8. The number of nitrogens with one attached hydrogen (secondary N) is 1. The second-order valence-corrected chi connectivity index (χ2v) is 11.7. The van der Waals surface area contributed by atoms with Crippen molar-refractivity contribution < 1.29 is 18.0 Å². The topological polar surface area (TPSA) is 86.8 Å². The molecule has 0 bridgehead atoms. The van der Waals surface area contributed by atoms with Gasteiger partial charge < -0.3 is 10.2 Å². The molecule has 0 aliphatic heterocycles. The smallest absolute Gasteiger partial charge is 0.242 e. The van der Waals surface area contributed by atoms with Crippen molar-refractivity contribution >= 4 is 33.4 Å². The third-order valence-corrected chi connectivity index (χ3v) is 7.52. The summed E-state index contributed by atoms with van der Waals surface area (Å²) >= 11 is 6.31. The molecule has 0 saturated carbocycles. The van der Waals surface area contributed by atoms with Gasteiger partial charge in [0.05, 0.1) is 4.90 Å². The minimum Gasteiger partial charge on any atom is -0.350 e. The van der Waals surface area contributed by atoms with E-state index in [0.717, 1.165) is 5.56 Å². The Labute approximate surface area is 208 Å². The Balaban J connectivity index is 2.11. The molecule has 0 aliphatic rings.